The van der Waals surface area contributed by atoms with Gasteiger partial charge in [-0.25, -0.2) is 16.5 Å². The highest BCUT2D eigenvalue weighted by molar-refractivity contribution is 5.22. The van der Waals surface area contributed by atoms with Crippen molar-refractivity contribution < 1.29 is 29.1 Å². The second kappa shape index (κ2) is 10.3. The highest BCUT2D eigenvalue weighted by Crippen LogP contribution is 2.29. The Bertz CT molecular complexity index is 520. The molecule has 0 aromatic rings. The van der Waals surface area contributed by atoms with E-state index < -0.39 is 36.5 Å². The molecule has 27 heavy (non-hydrogen) atoms. The maximum atomic E-state index is 11.9. The smallest absolute Gasteiger partial charge is 0.153 e. The number of aliphatic hydroxyl groups excluding tert-OH is 1. The third kappa shape index (κ3) is 6.85. The monoisotopic (exact) mass is 394 g/mol. The molecule has 0 aliphatic carbocycles. The van der Waals surface area contributed by atoms with E-state index >= 15 is 0 Å². The van der Waals surface area contributed by atoms with Crippen LogP contribution in [-0.4, -0.2) is 83.6 Å². The van der Waals surface area contributed by atoms with Crippen molar-refractivity contribution in [3.8, 4) is 0 Å². The molecule has 18 heteroatoms. The number of hydrogen-bond donors (Lipinski definition) is 2. The summed E-state index contributed by atoms with van der Waals surface area (Å²) < 4.78 is -0.539. The van der Waals surface area contributed by atoms with Crippen LogP contribution < -0.4 is 5.84 Å². The maximum absolute atomic E-state index is 11.9. The third-order valence-corrected chi connectivity index (χ3v) is 3.29. The predicted octanol–water partition coefficient (Wildman–Crippen LogP) is -1.35. The molecular weight excluding hydrogens is 374 g/mol. The van der Waals surface area contributed by atoms with Crippen molar-refractivity contribution in [1.82, 2.24) is 16.0 Å². The van der Waals surface area contributed by atoms with E-state index in [0.717, 1.165) is 0 Å². The number of quaternary nitrogens is 1. The summed E-state index contributed by atoms with van der Waals surface area (Å²) in [6.07, 6.45) is 0. The molecule has 0 radical (unpaired) electrons. The fraction of sp³-hybridized carbons (Fsp3) is 0.778. The molecule has 1 atom stereocenters. The Balaban J connectivity index is 2.76. The maximum Gasteiger partial charge on any atom is 0.153 e. The molecule has 0 amide bonds. The lowest BCUT2D eigenvalue weighted by atomic mass is 9.93. The molecule has 156 valence electrons. The van der Waals surface area contributed by atoms with Crippen molar-refractivity contribution in [2.24, 2.45) is 26.8 Å². The highest BCUT2D eigenvalue weighted by atomic mass is 16.9. The summed E-state index contributed by atoms with van der Waals surface area (Å²) >= 11 is 0. The Morgan fingerprint density at radius 1 is 1.26 bits per heavy atom. The summed E-state index contributed by atoms with van der Waals surface area (Å²) in [6.45, 7) is 3.98. The van der Waals surface area contributed by atoms with E-state index in [-0.39, 0.29) is 20.8 Å². The average molecular weight is 394 g/mol. The Hall–Kier alpha value is -2.10. The summed E-state index contributed by atoms with van der Waals surface area (Å²) in [5.41, 5.74) is 1.76. The van der Waals surface area contributed by atoms with E-state index in [1.54, 1.807) is 0 Å². The number of hydrogen-bond acceptors (Lipinski definition) is 12. The molecular formula is C9H20N11O7-3. The first-order valence-electron chi connectivity index (χ1n) is 7.14. The van der Waals surface area contributed by atoms with Gasteiger partial charge >= 0.3 is 0 Å². The van der Waals surface area contributed by atoms with Crippen LogP contribution >= 0.6 is 0 Å². The molecule has 1 saturated heterocycles. The number of hydrazine groups is 1. The van der Waals surface area contributed by atoms with Gasteiger partial charge in [0.05, 0.1) is 31.8 Å². The van der Waals surface area contributed by atoms with Gasteiger partial charge in [-0.1, -0.05) is 5.34 Å². The molecule has 1 fully saturated rings. The first-order valence-corrected chi connectivity index (χ1v) is 7.14. The Kier molecular flexibility index (Phi) is 8.74. The number of rotatable bonds is 15. The summed E-state index contributed by atoms with van der Waals surface area (Å²) in [5, 5.41) is 52.5. The molecule has 4 N–H and O–H groups in total. The average Bonchev–Trinajstić information content (AvgIpc) is 3.46. The Morgan fingerprint density at radius 3 is 2.33 bits per heavy atom. The first kappa shape index (κ1) is 22.9. The predicted molar refractivity (Wildman–Crippen MR) is 86.6 cm³/mol. The zero-order valence-corrected chi connectivity index (χ0v) is 14.2. The molecule has 1 rings (SSSR count). The Morgan fingerprint density at radius 2 is 1.85 bits per heavy atom. The van der Waals surface area contributed by atoms with Crippen LogP contribution in [0.15, 0.2) is 15.5 Å². The van der Waals surface area contributed by atoms with E-state index in [1.165, 1.54) is 0 Å². The number of nitrogens with two attached hydrogens (primary N) is 1. The van der Waals surface area contributed by atoms with Crippen LogP contribution in [0.4, 0.5) is 0 Å². The van der Waals surface area contributed by atoms with Crippen molar-refractivity contribution in [3.05, 3.63) is 27.0 Å². The van der Waals surface area contributed by atoms with Gasteiger partial charge in [-0.2, -0.15) is 0 Å². The van der Waals surface area contributed by atoms with Crippen LogP contribution in [0.1, 0.15) is 0 Å². The first-order chi connectivity index (χ1) is 12.7. The summed E-state index contributed by atoms with van der Waals surface area (Å²) in [6, 6.07) is 0. The second-order valence-electron chi connectivity index (χ2n) is 5.35. The minimum Gasteiger partial charge on any atom is -0.789 e. The molecule has 1 heterocycles. The van der Waals surface area contributed by atoms with E-state index in [9.17, 15) is 20.7 Å². The minimum atomic E-state index is -1.60. The van der Waals surface area contributed by atoms with Gasteiger partial charge in [-0.3, -0.25) is 14.4 Å². The van der Waals surface area contributed by atoms with E-state index in [0.29, 0.717) is 13.1 Å². The highest BCUT2D eigenvalue weighted by Gasteiger charge is 2.40. The molecule has 0 aromatic carbocycles. The van der Waals surface area contributed by atoms with E-state index in [2.05, 4.69) is 39.4 Å². The van der Waals surface area contributed by atoms with Crippen molar-refractivity contribution in [3.63, 3.8) is 0 Å². The molecule has 1 unspecified atom stereocenters. The summed E-state index contributed by atoms with van der Waals surface area (Å²) in [7, 11) is 0. The molecule has 0 aromatic heterocycles. The van der Waals surface area contributed by atoms with Crippen LogP contribution in [0.25, 0.3) is 11.4 Å². The lowest BCUT2D eigenvalue weighted by Gasteiger charge is -2.43. The minimum absolute atomic E-state index is 0.0665. The largest absolute Gasteiger partial charge is 0.789 e. The van der Waals surface area contributed by atoms with E-state index in [4.69, 9.17) is 21.4 Å². The Labute approximate surface area is 153 Å². The van der Waals surface area contributed by atoms with Crippen molar-refractivity contribution in [2.45, 2.75) is 0 Å². The number of nitrogens with one attached hydrogen (secondary N) is 1. The van der Waals surface area contributed by atoms with Gasteiger partial charge in [0.2, 0.25) is 0 Å². The topological polar surface area (TPSA) is 231 Å². The second-order valence-corrected chi connectivity index (χ2v) is 5.35. The van der Waals surface area contributed by atoms with Gasteiger partial charge < -0.3 is 36.9 Å². The zero-order chi connectivity index (χ0) is 20.5. The fourth-order valence-corrected chi connectivity index (χ4v) is 1.51. The zero-order valence-electron chi connectivity index (χ0n) is 14.2. The van der Waals surface area contributed by atoms with Gasteiger partial charge in [0.15, 0.2) is 6.72 Å². The summed E-state index contributed by atoms with van der Waals surface area (Å²) in [5.74, 6) is 12.1. The molecule has 1 aliphatic heterocycles. The van der Waals surface area contributed by atoms with Gasteiger partial charge in [-0.05, 0) is 10.4 Å². The van der Waals surface area contributed by atoms with Crippen molar-refractivity contribution in [1.29, 1.82) is 0 Å². The van der Waals surface area contributed by atoms with Crippen molar-refractivity contribution in [2.75, 3.05) is 39.5 Å². The normalized spacial score (nSPS) is 17.7. The molecule has 0 spiro atoms. The molecule has 18 nitrogen and oxygen atoms in total. The van der Waals surface area contributed by atoms with Crippen LogP contribution in [0.2, 0.25) is 0 Å². The molecule has 0 bridgehead atoms. The SMILES string of the molecule is C=N/N=N/N([O-])OCC(CO)(CON([O-])[N+](=C)[NH-])CON([O-])[N+]1([N-]N)CC1. The number of hydrazone groups is 1. The molecule has 0 saturated carbocycles. The molecule has 1 aliphatic rings. The van der Waals surface area contributed by atoms with E-state index in [1.807, 2.05) is 0 Å². The quantitative estimate of drug-likeness (QED) is 0.0626. The number of aliphatic hydroxyl groups is 1. The van der Waals surface area contributed by atoms with Crippen LogP contribution in [-0.2, 0) is 14.5 Å². The van der Waals surface area contributed by atoms with Crippen molar-refractivity contribution >= 4 is 13.4 Å². The van der Waals surface area contributed by atoms with Gasteiger partial charge in [0, 0.05) is 6.72 Å². The number of nitrogens with zero attached hydrogens (tertiary/aromatic N) is 9. The third-order valence-electron chi connectivity index (χ3n) is 3.29. The van der Waals surface area contributed by atoms with Gasteiger partial charge in [0.1, 0.15) is 13.1 Å². The lowest BCUT2D eigenvalue weighted by molar-refractivity contribution is -0.930. The fourth-order valence-electron chi connectivity index (χ4n) is 1.51. The summed E-state index contributed by atoms with van der Waals surface area (Å²) in [4.78, 5) is 14.4. The lowest BCUT2D eigenvalue weighted by Crippen LogP contribution is -2.48. The standard InChI is InChI=1S/C9H20N11O7/c1-12-14-15-17(22)25-6-9(5-21,7-26-18(23)16(2)11)8-27-19(24)20(13-10)3-4-20/h11,21H,1-8,10H2/q-3/b15-14+,16-11?. The van der Waals surface area contributed by atoms with Crippen LogP contribution in [0.3, 0.4) is 0 Å². The van der Waals surface area contributed by atoms with Gasteiger partial charge in [-0.15, -0.1) is 9.89 Å². The van der Waals surface area contributed by atoms with Gasteiger partial charge in [0.25, 0.3) is 0 Å². The van der Waals surface area contributed by atoms with Crippen LogP contribution in [0, 0.1) is 21.0 Å². The van der Waals surface area contributed by atoms with Crippen LogP contribution in [0.5, 0.6) is 0 Å².